The number of aryl methyl sites for hydroxylation is 2. The minimum Gasteiger partial charge on any atom is -0.283 e. The summed E-state index contributed by atoms with van der Waals surface area (Å²) in [6.45, 7) is 4.64. The lowest BCUT2D eigenvalue weighted by atomic mass is 10.1. The van der Waals surface area contributed by atoms with Crippen LogP contribution in [0.2, 0.25) is 0 Å². The van der Waals surface area contributed by atoms with Crippen molar-refractivity contribution in [1.82, 2.24) is 4.98 Å². The van der Waals surface area contributed by atoms with Gasteiger partial charge in [0.15, 0.2) is 5.13 Å². The van der Waals surface area contributed by atoms with E-state index in [2.05, 4.69) is 25.1 Å². The highest BCUT2D eigenvalue weighted by molar-refractivity contribution is 7.22. The van der Waals surface area contributed by atoms with Gasteiger partial charge in [-0.25, -0.2) is 4.98 Å². The molecule has 0 unspecified atom stereocenters. The van der Waals surface area contributed by atoms with Crippen molar-refractivity contribution < 1.29 is 4.79 Å². The molecule has 0 aliphatic heterocycles. The van der Waals surface area contributed by atoms with E-state index in [0.29, 0.717) is 13.0 Å². The van der Waals surface area contributed by atoms with Crippen molar-refractivity contribution in [1.29, 1.82) is 0 Å². The van der Waals surface area contributed by atoms with Crippen LogP contribution >= 0.6 is 11.3 Å². The molecule has 0 atom stereocenters. The summed E-state index contributed by atoms with van der Waals surface area (Å²) < 4.78 is 1.11. The van der Waals surface area contributed by atoms with Crippen LogP contribution < -0.4 is 4.90 Å². The smallest absolute Gasteiger partial charge is 0.233 e. The number of aromatic nitrogens is 1. The van der Waals surface area contributed by atoms with Crippen molar-refractivity contribution in [3.63, 3.8) is 0 Å². The summed E-state index contributed by atoms with van der Waals surface area (Å²) in [5, 5.41) is 0.752. The van der Waals surface area contributed by atoms with E-state index < -0.39 is 0 Å². The van der Waals surface area contributed by atoms with Crippen molar-refractivity contribution in [3.05, 3.63) is 95.1 Å². The summed E-state index contributed by atoms with van der Waals surface area (Å²) in [5.74, 6) is 0.0604. The highest BCUT2D eigenvalue weighted by Crippen LogP contribution is 2.31. The fourth-order valence-corrected chi connectivity index (χ4v) is 4.34. The predicted molar refractivity (Wildman–Crippen MR) is 117 cm³/mol. The van der Waals surface area contributed by atoms with E-state index in [1.807, 2.05) is 66.4 Å². The Labute approximate surface area is 169 Å². The van der Waals surface area contributed by atoms with E-state index in [1.54, 1.807) is 11.3 Å². The lowest BCUT2D eigenvalue weighted by molar-refractivity contribution is -0.118. The molecule has 0 fully saturated rings. The third-order valence-electron chi connectivity index (χ3n) is 4.69. The van der Waals surface area contributed by atoms with Crippen LogP contribution in [-0.2, 0) is 17.8 Å². The minimum atomic E-state index is 0.0604. The van der Waals surface area contributed by atoms with Gasteiger partial charge in [-0.05, 0) is 42.7 Å². The van der Waals surface area contributed by atoms with Gasteiger partial charge in [0.25, 0.3) is 0 Å². The van der Waals surface area contributed by atoms with Gasteiger partial charge in [-0.15, -0.1) is 0 Å². The summed E-state index contributed by atoms with van der Waals surface area (Å²) in [7, 11) is 0. The number of benzene rings is 3. The Hall–Kier alpha value is -2.98. The summed E-state index contributed by atoms with van der Waals surface area (Å²) in [6, 6.07) is 24.4. The Morgan fingerprint density at radius 1 is 0.893 bits per heavy atom. The molecule has 1 aromatic heterocycles. The minimum absolute atomic E-state index is 0.0604. The average Bonchev–Trinajstić information content (AvgIpc) is 3.09. The number of anilines is 1. The zero-order valence-electron chi connectivity index (χ0n) is 16.1. The van der Waals surface area contributed by atoms with Gasteiger partial charge in [0.2, 0.25) is 5.91 Å². The van der Waals surface area contributed by atoms with Gasteiger partial charge >= 0.3 is 0 Å². The molecule has 0 saturated carbocycles. The third-order valence-corrected chi connectivity index (χ3v) is 5.73. The quantitative estimate of drug-likeness (QED) is 0.441. The molecule has 0 aliphatic carbocycles. The number of thiazole rings is 1. The number of carbonyl (C=O) groups is 1. The molecule has 4 rings (SSSR count). The van der Waals surface area contributed by atoms with Crippen LogP contribution in [0.4, 0.5) is 5.13 Å². The lowest BCUT2D eigenvalue weighted by Gasteiger charge is -2.20. The maximum absolute atomic E-state index is 13.3. The first-order chi connectivity index (χ1) is 13.6. The van der Waals surface area contributed by atoms with Crippen molar-refractivity contribution in [2.45, 2.75) is 26.8 Å². The Morgan fingerprint density at radius 3 is 2.43 bits per heavy atom. The molecule has 1 amide bonds. The number of hydrogen-bond acceptors (Lipinski definition) is 3. The van der Waals surface area contributed by atoms with Gasteiger partial charge < -0.3 is 0 Å². The first-order valence-electron chi connectivity index (χ1n) is 9.35. The first kappa shape index (κ1) is 18.4. The standard InChI is InChI=1S/C24H22N2OS/c1-17-7-6-10-20(13-17)15-23(27)26(16-19-8-4-3-5-9-19)24-25-21-12-11-18(2)14-22(21)28-24/h3-14H,15-16H2,1-2H3. The molecule has 4 heteroatoms. The van der Waals surface area contributed by atoms with Crippen LogP contribution in [-0.4, -0.2) is 10.9 Å². The topological polar surface area (TPSA) is 33.2 Å². The SMILES string of the molecule is Cc1cccc(CC(=O)N(Cc2ccccc2)c2nc3ccc(C)cc3s2)c1. The van der Waals surface area contributed by atoms with E-state index in [4.69, 9.17) is 4.98 Å². The second-order valence-corrected chi connectivity index (χ2v) is 8.11. The number of nitrogens with zero attached hydrogens (tertiary/aromatic N) is 2. The van der Waals surface area contributed by atoms with Crippen LogP contribution in [0.15, 0.2) is 72.8 Å². The molecule has 3 nitrogen and oxygen atoms in total. The van der Waals surface area contributed by atoms with E-state index in [1.165, 1.54) is 5.56 Å². The number of rotatable bonds is 5. The highest BCUT2D eigenvalue weighted by Gasteiger charge is 2.20. The van der Waals surface area contributed by atoms with Crippen LogP contribution in [0.25, 0.3) is 10.2 Å². The van der Waals surface area contributed by atoms with Crippen molar-refractivity contribution in [2.75, 3.05) is 4.90 Å². The molecule has 0 radical (unpaired) electrons. The van der Waals surface area contributed by atoms with E-state index >= 15 is 0 Å². The van der Waals surface area contributed by atoms with E-state index in [9.17, 15) is 4.79 Å². The second-order valence-electron chi connectivity index (χ2n) is 7.10. The molecule has 4 aromatic rings. The average molecular weight is 387 g/mol. The Kier molecular flexibility index (Phi) is 5.22. The van der Waals surface area contributed by atoms with Crippen LogP contribution in [0.5, 0.6) is 0 Å². The zero-order valence-corrected chi connectivity index (χ0v) is 16.9. The summed E-state index contributed by atoms with van der Waals surface area (Å²) in [5.41, 5.74) is 5.42. The monoisotopic (exact) mass is 386 g/mol. The highest BCUT2D eigenvalue weighted by atomic mass is 32.1. The number of hydrogen-bond donors (Lipinski definition) is 0. The summed E-state index contributed by atoms with van der Waals surface area (Å²) >= 11 is 1.57. The molecule has 3 aromatic carbocycles. The second kappa shape index (κ2) is 7.95. The molecule has 28 heavy (non-hydrogen) atoms. The molecular weight excluding hydrogens is 364 g/mol. The van der Waals surface area contributed by atoms with Gasteiger partial charge in [0.05, 0.1) is 23.2 Å². The zero-order chi connectivity index (χ0) is 19.5. The predicted octanol–water partition coefficient (Wildman–Crippen LogP) is 5.69. The molecule has 1 heterocycles. The van der Waals surface area contributed by atoms with Gasteiger partial charge in [-0.1, -0.05) is 77.6 Å². The molecular formula is C24H22N2OS. The van der Waals surface area contributed by atoms with Gasteiger partial charge in [-0.2, -0.15) is 0 Å². The summed E-state index contributed by atoms with van der Waals surface area (Å²) in [6.07, 6.45) is 0.365. The Morgan fingerprint density at radius 2 is 1.64 bits per heavy atom. The number of fused-ring (bicyclic) bond motifs is 1. The van der Waals surface area contributed by atoms with Crippen molar-refractivity contribution in [2.24, 2.45) is 0 Å². The third kappa shape index (κ3) is 4.12. The molecule has 0 bridgehead atoms. The largest absolute Gasteiger partial charge is 0.283 e. The Balaban J connectivity index is 1.68. The van der Waals surface area contributed by atoms with Crippen LogP contribution in [0, 0.1) is 13.8 Å². The van der Waals surface area contributed by atoms with Crippen molar-refractivity contribution in [3.8, 4) is 0 Å². The first-order valence-corrected chi connectivity index (χ1v) is 10.2. The fraction of sp³-hybridized carbons (Fsp3) is 0.167. The van der Waals surface area contributed by atoms with Gasteiger partial charge in [0, 0.05) is 0 Å². The van der Waals surface area contributed by atoms with Gasteiger partial charge in [0.1, 0.15) is 0 Å². The molecule has 0 N–H and O–H groups in total. The van der Waals surface area contributed by atoms with Crippen LogP contribution in [0.3, 0.4) is 0 Å². The van der Waals surface area contributed by atoms with E-state index in [-0.39, 0.29) is 5.91 Å². The van der Waals surface area contributed by atoms with Gasteiger partial charge in [-0.3, -0.25) is 9.69 Å². The van der Waals surface area contributed by atoms with E-state index in [0.717, 1.165) is 32.0 Å². The number of amides is 1. The molecule has 0 aliphatic rings. The Bertz CT molecular complexity index is 1120. The lowest BCUT2D eigenvalue weighted by Crippen LogP contribution is -2.31. The van der Waals surface area contributed by atoms with Crippen LogP contribution in [0.1, 0.15) is 22.3 Å². The normalized spacial score (nSPS) is 10.9. The maximum atomic E-state index is 13.3. The molecule has 0 saturated heterocycles. The molecule has 0 spiro atoms. The van der Waals surface area contributed by atoms with Crippen molar-refractivity contribution >= 4 is 32.6 Å². The number of carbonyl (C=O) groups excluding carboxylic acids is 1. The molecule has 140 valence electrons. The summed E-state index contributed by atoms with van der Waals surface area (Å²) in [4.78, 5) is 19.8. The fourth-order valence-electron chi connectivity index (χ4n) is 3.26. The maximum Gasteiger partial charge on any atom is 0.233 e.